The molecule has 1 aliphatic rings. The van der Waals surface area contributed by atoms with Gasteiger partial charge in [0, 0.05) is 31.0 Å². The Morgan fingerprint density at radius 2 is 1.96 bits per heavy atom. The summed E-state index contributed by atoms with van der Waals surface area (Å²) in [4.78, 5) is 19.5. The summed E-state index contributed by atoms with van der Waals surface area (Å²) in [6.07, 6.45) is 7.29. The zero-order valence-electron chi connectivity index (χ0n) is 14.0. The Hall–Kier alpha value is -2.54. The van der Waals surface area contributed by atoms with E-state index >= 15 is 0 Å². The molecule has 0 spiro atoms. The van der Waals surface area contributed by atoms with Crippen LogP contribution in [0.5, 0.6) is 0 Å². The fourth-order valence-corrected chi connectivity index (χ4v) is 4.07. The molecule has 3 aromatic rings. The molecule has 25 heavy (non-hydrogen) atoms. The molecule has 4 heterocycles. The summed E-state index contributed by atoms with van der Waals surface area (Å²) in [5, 5.41) is 10.5. The van der Waals surface area contributed by atoms with Gasteiger partial charge in [0.25, 0.3) is 5.91 Å². The highest BCUT2D eigenvalue weighted by molar-refractivity contribution is 7.12. The average molecular weight is 353 g/mol. The first kappa shape index (κ1) is 16.0. The van der Waals surface area contributed by atoms with Crippen molar-refractivity contribution in [3.05, 3.63) is 52.6 Å². The molecule has 0 aromatic carbocycles. The lowest BCUT2D eigenvalue weighted by molar-refractivity contribution is 0.0693. The van der Waals surface area contributed by atoms with Gasteiger partial charge in [-0.3, -0.25) is 9.78 Å². The molecule has 128 valence electrons. The van der Waals surface area contributed by atoms with Crippen LogP contribution in [0.4, 0.5) is 0 Å². The number of aromatic nitrogens is 4. The highest BCUT2D eigenvalue weighted by Crippen LogP contribution is 2.26. The zero-order chi connectivity index (χ0) is 17.2. The molecule has 0 N–H and O–H groups in total. The molecule has 0 radical (unpaired) electrons. The van der Waals surface area contributed by atoms with Crippen molar-refractivity contribution in [2.75, 3.05) is 13.1 Å². The van der Waals surface area contributed by atoms with Crippen molar-refractivity contribution in [2.24, 2.45) is 0 Å². The van der Waals surface area contributed by atoms with Gasteiger partial charge < -0.3 is 4.90 Å². The van der Waals surface area contributed by atoms with Gasteiger partial charge >= 0.3 is 0 Å². The first-order valence-corrected chi connectivity index (χ1v) is 9.26. The van der Waals surface area contributed by atoms with E-state index in [0.717, 1.165) is 47.6 Å². The molecule has 0 saturated carbocycles. The molecule has 0 aliphatic carbocycles. The Balaban J connectivity index is 1.42. The molecule has 1 saturated heterocycles. The number of likely N-dealkylation sites (tertiary alicyclic amines) is 1. The maximum atomic E-state index is 12.6. The molecule has 4 rings (SSSR count). The lowest BCUT2D eigenvalue weighted by Crippen LogP contribution is -2.39. The summed E-state index contributed by atoms with van der Waals surface area (Å²) >= 11 is 1.53. The fourth-order valence-electron chi connectivity index (χ4n) is 3.18. The molecular weight excluding hydrogens is 334 g/mol. The molecule has 3 aromatic heterocycles. The molecule has 1 fully saturated rings. The van der Waals surface area contributed by atoms with Gasteiger partial charge in [-0.25, -0.2) is 4.68 Å². The van der Waals surface area contributed by atoms with Gasteiger partial charge in [-0.2, -0.15) is 0 Å². The first-order chi connectivity index (χ1) is 12.2. The number of thiophene rings is 1. The number of carbonyl (C=O) groups excluding carboxylic acids is 1. The van der Waals surface area contributed by atoms with Crippen LogP contribution in [0.25, 0.3) is 11.3 Å². The van der Waals surface area contributed by atoms with Crippen LogP contribution in [-0.4, -0.2) is 43.9 Å². The van der Waals surface area contributed by atoms with Crippen LogP contribution in [-0.2, 0) is 0 Å². The van der Waals surface area contributed by atoms with E-state index in [4.69, 9.17) is 0 Å². The second-order valence-corrected chi connectivity index (χ2v) is 7.19. The topological polar surface area (TPSA) is 63.9 Å². The number of amides is 1. The van der Waals surface area contributed by atoms with Crippen LogP contribution in [0.1, 0.15) is 34.1 Å². The fraction of sp³-hybridized carbons (Fsp3) is 0.333. The van der Waals surface area contributed by atoms with E-state index in [1.54, 1.807) is 12.4 Å². The molecule has 0 atom stereocenters. The second kappa shape index (κ2) is 6.76. The summed E-state index contributed by atoms with van der Waals surface area (Å²) < 4.78 is 1.94. The van der Waals surface area contributed by atoms with Gasteiger partial charge in [-0.15, -0.1) is 16.4 Å². The maximum Gasteiger partial charge on any atom is 0.264 e. The molecule has 6 nitrogen and oxygen atoms in total. The van der Waals surface area contributed by atoms with Crippen molar-refractivity contribution < 1.29 is 4.79 Å². The van der Waals surface area contributed by atoms with Crippen LogP contribution < -0.4 is 0 Å². The monoisotopic (exact) mass is 353 g/mol. The second-order valence-electron chi connectivity index (χ2n) is 6.28. The third-order valence-corrected chi connectivity index (χ3v) is 5.67. The van der Waals surface area contributed by atoms with Gasteiger partial charge in [-0.1, -0.05) is 5.21 Å². The van der Waals surface area contributed by atoms with E-state index < -0.39 is 0 Å². The lowest BCUT2D eigenvalue weighted by Gasteiger charge is -2.31. The van der Waals surface area contributed by atoms with E-state index in [0.29, 0.717) is 0 Å². The number of pyridine rings is 1. The molecule has 0 bridgehead atoms. The normalized spacial score (nSPS) is 15.5. The smallest absolute Gasteiger partial charge is 0.264 e. The summed E-state index contributed by atoms with van der Waals surface area (Å²) in [6, 6.07) is 6.15. The Morgan fingerprint density at radius 1 is 1.20 bits per heavy atom. The predicted octanol–water partition coefficient (Wildman–Crippen LogP) is 3.19. The summed E-state index contributed by atoms with van der Waals surface area (Å²) in [6.45, 7) is 3.50. The summed E-state index contributed by atoms with van der Waals surface area (Å²) in [5.74, 6) is 0.155. The van der Waals surface area contributed by atoms with Crippen LogP contribution in [0, 0.1) is 6.92 Å². The van der Waals surface area contributed by atoms with Gasteiger partial charge in [0.05, 0.1) is 17.1 Å². The van der Waals surface area contributed by atoms with Crippen molar-refractivity contribution in [1.29, 1.82) is 0 Å². The zero-order valence-corrected chi connectivity index (χ0v) is 14.8. The van der Waals surface area contributed by atoms with Gasteiger partial charge in [0.1, 0.15) is 5.69 Å². The highest BCUT2D eigenvalue weighted by Gasteiger charge is 2.26. The van der Waals surface area contributed by atoms with Gasteiger partial charge in [-0.05, 0) is 48.9 Å². The molecular formula is C18H19N5OS. The Kier molecular flexibility index (Phi) is 4.31. The number of hydrogen-bond acceptors (Lipinski definition) is 5. The first-order valence-electron chi connectivity index (χ1n) is 8.38. The van der Waals surface area contributed by atoms with E-state index in [1.165, 1.54) is 11.3 Å². The van der Waals surface area contributed by atoms with Crippen molar-refractivity contribution in [1.82, 2.24) is 24.9 Å². The minimum absolute atomic E-state index is 0.155. The van der Waals surface area contributed by atoms with E-state index in [9.17, 15) is 4.79 Å². The lowest BCUT2D eigenvalue weighted by atomic mass is 10.0. The average Bonchev–Trinajstić information content (AvgIpc) is 3.31. The van der Waals surface area contributed by atoms with Gasteiger partial charge in [0.15, 0.2) is 0 Å². The largest absolute Gasteiger partial charge is 0.338 e. The molecule has 1 aliphatic heterocycles. The number of carbonyl (C=O) groups is 1. The Bertz CT molecular complexity index is 864. The predicted molar refractivity (Wildman–Crippen MR) is 96.5 cm³/mol. The number of piperidine rings is 1. The number of hydrogen-bond donors (Lipinski definition) is 0. The number of nitrogens with zero attached hydrogens (tertiary/aromatic N) is 5. The SMILES string of the molecule is Cc1ccsc1C(=O)N1CCC(n2cc(-c3ccncc3)nn2)CC1. The van der Waals surface area contributed by atoms with Crippen molar-refractivity contribution in [3.63, 3.8) is 0 Å². The quantitative estimate of drug-likeness (QED) is 0.725. The van der Waals surface area contributed by atoms with E-state index in [-0.39, 0.29) is 11.9 Å². The van der Waals surface area contributed by atoms with Crippen LogP contribution in [0.3, 0.4) is 0 Å². The Morgan fingerprint density at radius 3 is 2.64 bits per heavy atom. The van der Waals surface area contributed by atoms with Crippen molar-refractivity contribution in [3.8, 4) is 11.3 Å². The van der Waals surface area contributed by atoms with E-state index in [2.05, 4.69) is 15.3 Å². The van der Waals surface area contributed by atoms with Crippen molar-refractivity contribution >= 4 is 17.2 Å². The number of aryl methyl sites for hydroxylation is 1. The third-order valence-electron chi connectivity index (χ3n) is 4.67. The third kappa shape index (κ3) is 3.19. The maximum absolute atomic E-state index is 12.6. The summed E-state index contributed by atoms with van der Waals surface area (Å²) in [7, 11) is 0. The van der Waals surface area contributed by atoms with Gasteiger partial charge in [0.2, 0.25) is 0 Å². The summed E-state index contributed by atoms with van der Waals surface area (Å²) in [5.41, 5.74) is 2.94. The van der Waals surface area contributed by atoms with Crippen LogP contribution in [0.15, 0.2) is 42.2 Å². The highest BCUT2D eigenvalue weighted by atomic mass is 32.1. The van der Waals surface area contributed by atoms with E-state index in [1.807, 2.05) is 46.3 Å². The van der Waals surface area contributed by atoms with Crippen LogP contribution >= 0.6 is 11.3 Å². The number of rotatable bonds is 3. The minimum atomic E-state index is 0.155. The van der Waals surface area contributed by atoms with Crippen LogP contribution in [0.2, 0.25) is 0 Å². The molecule has 7 heteroatoms. The minimum Gasteiger partial charge on any atom is -0.338 e. The molecule has 1 amide bonds. The standard InChI is InChI=1S/C18H19N5OS/c1-13-6-11-25-17(13)18(24)22-9-4-15(5-10-22)23-12-16(20-21-23)14-2-7-19-8-3-14/h2-3,6-8,11-12,15H,4-5,9-10H2,1H3. The van der Waals surface area contributed by atoms with Crippen molar-refractivity contribution in [2.45, 2.75) is 25.8 Å². The Labute approximate surface area is 150 Å². The molecule has 0 unspecified atom stereocenters.